The van der Waals surface area contributed by atoms with Crippen molar-refractivity contribution in [1.29, 1.82) is 0 Å². The third kappa shape index (κ3) is 4.04. The lowest BCUT2D eigenvalue weighted by molar-refractivity contribution is -0.122. The van der Waals surface area contributed by atoms with Gasteiger partial charge in [-0.3, -0.25) is 4.79 Å². The van der Waals surface area contributed by atoms with Crippen molar-refractivity contribution in [2.24, 2.45) is 5.73 Å². The van der Waals surface area contributed by atoms with Crippen molar-refractivity contribution >= 4 is 5.91 Å². The third-order valence-electron chi connectivity index (χ3n) is 1.65. The van der Waals surface area contributed by atoms with Crippen molar-refractivity contribution in [2.45, 2.75) is 32.4 Å². The maximum atomic E-state index is 11.3. The fourth-order valence-electron chi connectivity index (χ4n) is 1.05. The monoisotopic (exact) mass is 196 g/mol. The van der Waals surface area contributed by atoms with E-state index in [2.05, 4.69) is 15.3 Å². The number of carbonyl (C=O) groups is 1. The molecule has 1 aromatic heterocycles. The van der Waals surface area contributed by atoms with E-state index in [4.69, 9.17) is 5.73 Å². The Hall–Kier alpha value is -1.36. The number of amides is 1. The van der Waals surface area contributed by atoms with Crippen molar-refractivity contribution in [1.82, 2.24) is 15.3 Å². The summed E-state index contributed by atoms with van der Waals surface area (Å²) in [6.45, 7) is 4.11. The van der Waals surface area contributed by atoms with Crippen molar-refractivity contribution in [3.05, 3.63) is 18.2 Å². The van der Waals surface area contributed by atoms with Gasteiger partial charge in [-0.1, -0.05) is 0 Å². The van der Waals surface area contributed by atoms with Crippen LogP contribution in [0, 0.1) is 0 Å². The first kappa shape index (κ1) is 10.7. The Morgan fingerprint density at radius 2 is 2.43 bits per heavy atom. The van der Waals surface area contributed by atoms with E-state index in [0.29, 0.717) is 13.0 Å². The van der Waals surface area contributed by atoms with Gasteiger partial charge < -0.3 is 16.0 Å². The van der Waals surface area contributed by atoms with E-state index in [0.717, 1.165) is 5.69 Å². The third-order valence-corrected chi connectivity index (χ3v) is 1.65. The fourth-order valence-corrected chi connectivity index (χ4v) is 1.05. The topological polar surface area (TPSA) is 83.8 Å². The molecule has 1 aromatic rings. The molecule has 0 saturated heterocycles. The summed E-state index contributed by atoms with van der Waals surface area (Å²) in [5.74, 6) is -0.0490. The molecular weight excluding hydrogens is 180 g/mol. The Bertz CT molecular complexity index is 286. The summed E-state index contributed by atoms with van der Waals surface area (Å²) >= 11 is 0. The maximum Gasteiger partial charge on any atom is 0.222 e. The summed E-state index contributed by atoms with van der Waals surface area (Å²) < 4.78 is 0. The minimum atomic E-state index is -0.460. The largest absolute Gasteiger partial charge is 0.350 e. The molecule has 0 spiro atoms. The van der Waals surface area contributed by atoms with E-state index in [1.165, 1.54) is 0 Å². The molecule has 4 N–H and O–H groups in total. The van der Waals surface area contributed by atoms with E-state index < -0.39 is 5.54 Å². The molecule has 0 aromatic carbocycles. The molecule has 0 unspecified atom stereocenters. The van der Waals surface area contributed by atoms with Crippen LogP contribution in [-0.4, -0.2) is 21.4 Å². The van der Waals surface area contributed by atoms with Gasteiger partial charge in [-0.15, -0.1) is 0 Å². The summed E-state index contributed by atoms with van der Waals surface area (Å²) in [5.41, 5.74) is 6.13. The number of imidazole rings is 1. The van der Waals surface area contributed by atoms with Crippen molar-refractivity contribution in [3.8, 4) is 0 Å². The van der Waals surface area contributed by atoms with Crippen LogP contribution in [0.3, 0.4) is 0 Å². The summed E-state index contributed by atoms with van der Waals surface area (Å²) in [7, 11) is 0. The van der Waals surface area contributed by atoms with Crippen LogP contribution < -0.4 is 11.1 Å². The number of nitrogens with zero attached hydrogens (tertiary/aromatic N) is 1. The van der Waals surface area contributed by atoms with E-state index in [9.17, 15) is 4.79 Å². The van der Waals surface area contributed by atoms with Crippen LogP contribution in [0.5, 0.6) is 0 Å². The van der Waals surface area contributed by atoms with Gasteiger partial charge in [-0.2, -0.15) is 0 Å². The molecular formula is C9H16N4O. The number of aromatic nitrogens is 2. The summed E-state index contributed by atoms with van der Waals surface area (Å²) in [6.07, 6.45) is 3.57. The highest BCUT2D eigenvalue weighted by Crippen LogP contribution is 2.02. The van der Waals surface area contributed by atoms with Crippen LogP contribution in [0.2, 0.25) is 0 Å². The predicted octanol–water partition coefficient (Wildman–Crippen LogP) is 0.153. The molecule has 1 heterocycles. The lowest BCUT2D eigenvalue weighted by Gasteiger charge is -2.17. The number of nitrogens with two attached hydrogens (primary N) is 1. The molecule has 0 radical (unpaired) electrons. The second-order valence-electron chi connectivity index (χ2n) is 4.02. The smallest absolute Gasteiger partial charge is 0.222 e. The van der Waals surface area contributed by atoms with E-state index >= 15 is 0 Å². The van der Waals surface area contributed by atoms with Gasteiger partial charge in [0.25, 0.3) is 0 Å². The molecule has 0 aliphatic carbocycles. The molecule has 5 nitrogen and oxygen atoms in total. The lowest BCUT2D eigenvalue weighted by Crippen LogP contribution is -2.38. The summed E-state index contributed by atoms with van der Waals surface area (Å²) in [6, 6.07) is 0. The van der Waals surface area contributed by atoms with Crippen molar-refractivity contribution in [3.63, 3.8) is 0 Å². The minimum Gasteiger partial charge on any atom is -0.350 e. The summed E-state index contributed by atoms with van der Waals surface area (Å²) in [4.78, 5) is 18.1. The number of hydrogen-bond donors (Lipinski definition) is 3. The standard InChI is InChI=1S/C9H16N4O/c1-9(2,10)3-8(14)12-5-7-4-11-6-13-7/h4,6H,3,5,10H2,1-2H3,(H,11,13)(H,12,14). The molecule has 0 fully saturated rings. The van der Waals surface area contributed by atoms with Crippen LogP contribution in [0.4, 0.5) is 0 Å². The number of hydrogen-bond acceptors (Lipinski definition) is 3. The maximum absolute atomic E-state index is 11.3. The molecule has 14 heavy (non-hydrogen) atoms. The van der Waals surface area contributed by atoms with E-state index in [1.807, 2.05) is 13.8 Å². The Morgan fingerprint density at radius 1 is 1.71 bits per heavy atom. The number of nitrogens with one attached hydrogen (secondary N) is 2. The first-order valence-corrected chi connectivity index (χ1v) is 4.50. The first-order valence-electron chi connectivity index (χ1n) is 4.50. The highest BCUT2D eigenvalue weighted by Gasteiger charge is 2.15. The van der Waals surface area contributed by atoms with Gasteiger partial charge in [0, 0.05) is 18.2 Å². The lowest BCUT2D eigenvalue weighted by atomic mass is 10.0. The van der Waals surface area contributed by atoms with Crippen LogP contribution in [0.1, 0.15) is 26.0 Å². The second kappa shape index (κ2) is 4.23. The highest BCUT2D eigenvalue weighted by atomic mass is 16.1. The zero-order chi connectivity index (χ0) is 10.6. The molecule has 78 valence electrons. The van der Waals surface area contributed by atoms with E-state index in [-0.39, 0.29) is 5.91 Å². The Morgan fingerprint density at radius 3 is 2.93 bits per heavy atom. The van der Waals surface area contributed by atoms with Gasteiger partial charge >= 0.3 is 0 Å². The van der Waals surface area contributed by atoms with Crippen molar-refractivity contribution in [2.75, 3.05) is 0 Å². The summed E-state index contributed by atoms with van der Waals surface area (Å²) in [5, 5.41) is 2.75. The quantitative estimate of drug-likeness (QED) is 0.641. The predicted molar refractivity (Wildman–Crippen MR) is 53.3 cm³/mol. The zero-order valence-corrected chi connectivity index (χ0v) is 8.50. The normalized spacial score (nSPS) is 11.4. The van der Waals surface area contributed by atoms with Gasteiger partial charge in [-0.05, 0) is 13.8 Å². The number of aromatic amines is 1. The molecule has 5 heteroatoms. The van der Waals surface area contributed by atoms with Crippen LogP contribution in [0.25, 0.3) is 0 Å². The SMILES string of the molecule is CC(C)(N)CC(=O)NCc1cnc[nH]1. The van der Waals surface area contributed by atoms with Crippen LogP contribution in [-0.2, 0) is 11.3 Å². The van der Waals surface area contributed by atoms with E-state index in [1.54, 1.807) is 12.5 Å². The Balaban J connectivity index is 2.29. The van der Waals surface area contributed by atoms with Gasteiger partial charge in [-0.25, -0.2) is 4.98 Å². The molecule has 0 atom stereocenters. The zero-order valence-electron chi connectivity index (χ0n) is 8.50. The first-order chi connectivity index (χ1) is 6.47. The van der Waals surface area contributed by atoms with Gasteiger partial charge in [0.1, 0.15) is 0 Å². The average molecular weight is 196 g/mol. The Labute approximate surface area is 83.1 Å². The highest BCUT2D eigenvalue weighted by molar-refractivity contribution is 5.76. The van der Waals surface area contributed by atoms with Crippen LogP contribution >= 0.6 is 0 Å². The average Bonchev–Trinajstić information content (AvgIpc) is 2.49. The Kier molecular flexibility index (Phi) is 3.24. The van der Waals surface area contributed by atoms with Gasteiger partial charge in [0.2, 0.25) is 5.91 Å². The molecule has 0 saturated carbocycles. The second-order valence-corrected chi connectivity index (χ2v) is 4.02. The van der Waals surface area contributed by atoms with Gasteiger partial charge in [0.05, 0.1) is 18.6 Å². The molecule has 0 bridgehead atoms. The molecule has 1 rings (SSSR count). The fraction of sp³-hybridized carbons (Fsp3) is 0.556. The van der Waals surface area contributed by atoms with Gasteiger partial charge in [0.15, 0.2) is 0 Å². The molecule has 0 aliphatic heterocycles. The van der Waals surface area contributed by atoms with Crippen molar-refractivity contribution < 1.29 is 4.79 Å². The number of carbonyl (C=O) groups excluding carboxylic acids is 1. The number of H-pyrrole nitrogens is 1. The number of rotatable bonds is 4. The molecule has 1 amide bonds. The van der Waals surface area contributed by atoms with Crippen LogP contribution in [0.15, 0.2) is 12.5 Å². The molecule has 0 aliphatic rings. The minimum absolute atomic E-state index is 0.0490.